The summed E-state index contributed by atoms with van der Waals surface area (Å²) in [6.45, 7) is 2.54. The maximum Gasteiger partial charge on any atom is 0.0887 e. The van der Waals surface area contributed by atoms with E-state index < -0.39 is 5.60 Å². The fourth-order valence-corrected chi connectivity index (χ4v) is 6.33. The zero-order valence-electron chi connectivity index (χ0n) is 12.3. The predicted molar refractivity (Wildman–Crippen MR) is 77.8 cm³/mol. The molecule has 0 bridgehead atoms. The van der Waals surface area contributed by atoms with Crippen LogP contribution in [0.2, 0.25) is 0 Å². The third kappa shape index (κ3) is 1.63. The molecular formula is C18H28O. The smallest absolute Gasteiger partial charge is 0.0887 e. The molecule has 0 radical (unpaired) electrons. The second-order valence-corrected chi connectivity index (χ2v) is 8.05. The number of fused-ring (bicyclic) bond motifs is 5. The van der Waals surface area contributed by atoms with Gasteiger partial charge in [0, 0.05) is 0 Å². The van der Waals surface area contributed by atoms with E-state index in [4.69, 9.17) is 0 Å². The molecule has 5 atom stereocenters. The van der Waals surface area contributed by atoms with Crippen molar-refractivity contribution in [1.29, 1.82) is 0 Å². The van der Waals surface area contributed by atoms with Crippen LogP contribution in [0.4, 0.5) is 0 Å². The van der Waals surface area contributed by atoms with Crippen molar-refractivity contribution in [2.45, 2.75) is 76.7 Å². The van der Waals surface area contributed by atoms with E-state index in [-0.39, 0.29) is 0 Å². The summed E-state index contributed by atoms with van der Waals surface area (Å²) in [6, 6.07) is 0. The molecule has 1 nitrogen and oxygen atoms in total. The van der Waals surface area contributed by atoms with Gasteiger partial charge in [-0.1, -0.05) is 19.4 Å². The Morgan fingerprint density at radius 2 is 1.95 bits per heavy atom. The van der Waals surface area contributed by atoms with Crippen LogP contribution in [0.25, 0.3) is 0 Å². The Balaban J connectivity index is 1.69. The molecule has 0 unspecified atom stereocenters. The van der Waals surface area contributed by atoms with Gasteiger partial charge in [-0.3, -0.25) is 0 Å². The van der Waals surface area contributed by atoms with Gasteiger partial charge in [-0.2, -0.15) is 0 Å². The number of rotatable bonds is 0. The second-order valence-electron chi connectivity index (χ2n) is 8.05. The SMILES string of the molecule is C[C@@]12CCC[C@H]1[C@@H]1CCC3=CCCC[C@]3(O)[C@H]1CC2. The van der Waals surface area contributed by atoms with Crippen molar-refractivity contribution in [2.75, 3.05) is 0 Å². The molecule has 0 saturated heterocycles. The molecule has 0 heterocycles. The largest absolute Gasteiger partial charge is 0.385 e. The topological polar surface area (TPSA) is 20.2 Å². The zero-order chi connectivity index (χ0) is 13.1. The first-order valence-electron chi connectivity index (χ1n) is 8.55. The minimum atomic E-state index is -0.398. The summed E-state index contributed by atoms with van der Waals surface area (Å²) in [5.41, 5.74) is 1.64. The quantitative estimate of drug-likeness (QED) is 0.638. The van der Waals surface area contributed by atoms with Gasteiger partial charge in [0.25, 0.3) is 0 Å². The Kier molecular flexibility index (Phi) is 2.68. The van der Waals surface area contributed by atoms with Crippen LogP contribution < -0.4 is 0 Å². The average molecular weight is 260 g/mol. The molecule has 0 amide bonds. The summed E-state index contributed by atoms with van der Waals surface area (Å²) in [7, 11) is 0. The first-order valence-corrected chi connectivity index (χ1v) is 8.55. The highest BCUT2D eigenvalue weighted by Crippen LogP contribution is 2.62. The third-order valence-electron chi connectivity index (χ3n) is 7.29. The summed E-state index contributed by atoms with van der Waals surface area (Å²) in [5.74, 6) is 2.32. The van der Waals surface area contributed by atoms with Crippen LogP contribution >= 0.6 is 0 Å². The maximum atomic E-state index is 11.3. The Bertz CT molecular complexity index is 412. The summed E-state index contributed by atoms with van der Waals surface area (Å²) in [4.78, 5) is 0. The van der Waals surface area contributed by atoms with Crippen LogP contribution in [0.1, 0.15) is 71.1 Å². The molecule has 0 aromatic rings. The molecule has 0 aromatic heterocycles. The number of hydrogen-bond donors (Lipinski definition) is 1. The number of hydrogen-bond acceptors (Lipinski definition) is 1. The van der Waals surface area contributed by atoms with Gasteiger partial charge in [0.2, 0.25) is 0 Å². The van der Waals surface area contributed by atoms with Crippen LogP contribution in [-0.4, -0.2) is 10.7 Å². The summed E-state index contributed by atoms with van der Waals surface area (Å²) in [5, 5.41) is 11.3. The van der Waals surface area contributed by atoms with Gasteiger partial charge in [0.05, 0.1) is 5.60 Å². The fraction of sp³-hybridized carbons (Fsp3) is 0.889. The van der Waals surface area contributed by atoms with Crippen molar-refractivity contribution < 1.29 is 5.11 Å². The molecule has 3 fully saturated rings. The Hall–Kier alpha value is -0.300. The second kappa shape index (κ2) is 4.10. The van der Waals surface area contributed by atoms with Crippen LogP contribution in [-0.2, 0) is 0 Å². The minimum Gasteiger partial charge on any atom is -0.385 e. The van der Waals surface area contributed by atoms with Gasteiger partial charge in [0.15, 0.2) is 0 Å². The molecule has 3 saturated carbocycles. The van der Waals surface area contributed by atoms with E-state index in [0.717, 1.165) is 18.3 Å². The Labute approximate surface area is 117 Å². The van der Waals surface area contributed by atoms with E-state index in [9.17, 15) is 5.11 Å². The van der Waals surface area contributed by atoms with Gasteiger partial charge >= 0.3 is 0 Å². The van der Waals surface area contributed by atoms with Gasteiger partial charge < -0.3 is 5.11 Å². The van der Waals surface area contributed by atoms with Gasteiger partial charge in [-0.05, 0) is 86.5 Å². The average Bonchev–Trinajstić information content (AvgIpc) is 2.79. The molecule has 0 aromatic carbocycles. The molecule has 4 aliphatic carbocycles. The molecule has 1 N–H and O–H groups in total. The predicted octanol–water partition coefficient (Wildman–Crippen LogP) is 4.45. The Morgan fingerprint density at radius 3 is 2.84 bits per heavy atom. The highest BCUT2D eigenvalue weighted by molar-refractivity contribution is 5.26. The normalized spacial score (nSPS) is 52.9. The van der Waals surface area contributed by atoms with Crippen molar-refractivity contribution in [3.8, 4) is 0 Å². The lowest BCUT2D eigenvalue weighted by molar-refractivity contribution is -0.101. The van der Waals surface area contributed by atoms with Crippen LogP contribution in [0.15, 0.2) is 11.6 Å². The van der Waals surface area contributed by atoms with Crippen molar-refractivity contribution in [3.63, 3.8) is 0 Å². The van der Waals surface area contributed by atoms with Crippen molar-refractivity contribution in [1.82, 2.24) is 0 Å². The van der Waals surface area contributed by atoms with Crippen molar-refractivity contribution in [3.05, 3.63) is 11.6 Å². The lowest BCUT2D eigenvalue weighted by atomic mass is 9.51. The van der Waals surface area contributed by atoms with E-state index in [1.807, 2.05) is 0 Å². The molecule has 19 heavy (non-hydrogen) atoms. The number of aliphatic hydroxyl groups is 1. The van der Waals surface area contributed by atoms with Crippen LogP contribution in [0.5, 0.6) is 0 Å². The molecule has 1 heteroatoms. The molecule has 0 aliphatic heterocycles. The van der Waals surface area contributed by atoms with E-state index in [2.05, 4.69) is 13.0 Å². The van der Waals surface area contributed by atoms with E-state index >= 15 is 0 Å². The van der Waals surface area contributed by atoms with Crippen molar-refractivity contribution in [2.24, 2.45) is 23.2 Å². The van der Waals surface area contributed by atoms with Gasteiger partial charge in [-0.15, -0.1) is 0 Å². The highest BCUT2D eigenvalue weighted by Gasteiger charge is 2.56. The van der Waals surface area contributed by atoms with Crippen LogP contribution in [0.3, 0.4) is 0 Å². The molecule has 4 aliphatic rings. The molecular weight excluding hydrogens is 232 g/mol. The zero-order valence-corrected chi connectivity index (χ0v) is 12.3. The lowest BCUT2D eigenvalue weighted by Gasteiger charge is -2.56. The third-order valence-corrected chi connectivity index (χ3v) is 7.29. The molecule has 0 spiro atoms. The van der Waals surface area contributed by atoms with E-state index in [1.165, 1.54) is 63.4 Å². The highest BCUT2D eigenvalue weighted by atomic mass is 16.3. The first kappa shape index (κ1) is 12.4. The standard InChI is InChI=1S/C18H28O/c1-17-10-4-6-15(17)14-8-7-13-5-2-3-11-18(13,19)16(14)9-12-17/h5,14-16,19H,2-4,6-12H2,1H3/t14-,15-,16-,17-,18+/m0/s1. The summed E-state index contributed by atoms with van der Waals surface area (Å²) >= 11 is 0. The van der Waals surface area contributed by atoms with Gasteiger partial charge in [0.1, 0.15) is 0 Å². The minimum absolute atomic E-state index is 0.398. The molecule has 106 valence electrons. The monoisotopic (exact) mass is 260 g/mol. The van der Waals surface area contributed by atoms with E-state index in [1.54, 1.807) is 0 Å². The van der Waals surface area contributed by atoms with E-state index in [0.29, 0.717) is 11.3 Å². The lowest BCUT2D eigenvalue weighted by Crippen LogP contribution is -2.53. The van der Waals surface area contributed by atoms with Crippen molar-refractivity contribution >= 4 is 0 Å². The fourth-order valence-electron chi connectivity index (χ4n) is 6.33. The van der Waals surface area contributed by atoms with Crippen LogP contribution in [0, 0.1) is 23.2 Å². The Morgan fingerprint density at radius 1 is 1.05 bits per heavy atom. The van der Waals surface area contributed by atoms with Gasteiger partial charge in [-0.25, -0.2) is 0 Å². The summed E-state index contributed by atoms with van der Waals surface area (Å²) in [6.07, 6.45) is 15.3. The number of allylic oxidation sites excluding steroid dienone is 1. The summed E-state index contributed by atoms with van der Waals surface area (Å²) < 4.78 is 0. The molecule has 4 rings (SSSR count). The first-order chi connectivity index (χ1) is 9.13. The maximum absolute atomic E-state index is 11.3.